The van der Waals surface area contributed by atoms with Crippen molar-refractivity contribution in [3.05, 3.63) is 74.3 Å². The molecule has 32 heavy (non-hydrogen) atoms. The molecule has 7 nitrogen and oxygen atoms in total. The van der Waals surface area contributed by atoms with Crippen molar-refractivity contribution in [3.8, 4) is 0 Å². The molecule has 0 radical (unpaired) electrons. The molecule has 0 unspecified atom stereocenters. The number of anilines is 2. The normalized spacial score (nSPS) is 11.3. The van der Waals surface area contributed by atoms with E-state index in [0.29, 0.717) is 11.3 Å². The van der Waals surface area contributed by atoms with E-state index in [4.69, 9.17) is 9.15 Å². The molecule has 1 aromatic carbocycles. The molecule has 0 bridgehead atoms. The van der Waals surface area contributed by atoms with E-state index in [0.717, 1.165) is 28.4 Å². The molecule has 0 atom stereocenters. The molecule has 3 aromatic rings. The van der Waals surface area contributed by atoms with Gasteiger partial charge in [0.05, 0.1) is 16.9 Å². The zero-order chi connectivity index (χ0) is 23.6. The Hall–Kier alpha value is -3.47. The highest BCUT2D eigenvalue weighted by Crippen LogP contribution is 2.35. The number of thiazole rings is 1. The first-order valence-electron chi connectivity index (χ1n) is 9.18. The first-order valence-corrected chi connectivity index (χ1v) is 10.1. The lowest BCUT2D eigenvalue weighted by Gasteiger charge is -2.19. The van der Waals surface area contributed by atoms with Crippen LogP contribution in [0.1, 0.15) is 39.9 Å². The van der Waals surface area contributed by atoms with Gasteiger partial charge in [-0.3, -0.25) is 9.69 Å². The molecule has 0 saturated carbocycles. The van der Waals surface area contributed by atoms with Crippen molar-refractivity contribution in [2.24, 2.45) is 0 Å². The maximum absolute atomic E-state index is 13.0. The second-order valence-corrected chi connectivity index (χ2v) is 7.62. The Balaban J connectivity index is 1.80. The van der Waals surface area contributed by atoms with Crippen molar-refractivity contribution in [3.63, 3.8) is 0 Å². The largest absolute Gasteiger partial charge is 0.455 e. The van der Waals surface area contributed by atoms with Crippen LogP contribution in [0.15, 0.2) is 44.9 Å². The Bertz CT molecular complexity index is 1210. The Kier molecular flexibility index (Phi) is 6.49. The summed E-state index contributed by atoms with van der Waals surface area (Å²) in [5.41, 5.74) is -0.656. The van der Waals surface area contributed by atoms with Crippen LogP contribution < -0.4 is 10.5 Å². The summed E-state index contributed by atoms with van der Waals surface area (Å²) < 4.78 is 49.3. The number of alkyl halides is 3. The first kappa shape index (κ1) is 23.2. The summed E-state index contributed by atoms with van der Waals surface area (Å²) in [7, 11) is 0. The highest BCUT2D eigenvalue weighted by molar-refractivity contribution is 7.14. The molecule has 2 heterocycles. The molecular weight excluding hydrogens is 449 g/mol. The van der Waals surface area contributed by atoms with E-state index in [-0.39, 0.29) is 28.7 Å². The van der Waals surface area contributed by atoms with Gasteiger partial charge in [-0.2, -0.15) is 13.2 Å². The third-order valence-electron chi connectivity index (χ3n) is 4.37. The summed E-state index contributed by atoms with van der Waals surface area (Å²) in [6, 6.07) is 5.51. The van der Waals surface area contributed by atoms with Gasteiger partial charge in [0.2, 0.25) is 5.91 Å². The van der Waals surface area contributed by atoms with Crippen molar-refractivity contribution >= 4 is 34.0 Å². The minimum absolute atomic E-state index is 0.00998. The fraction of sp³-hybridized carbons (Fsp3) is 0.238. The van der Waals surface area contributed by atoms with Gasteiger partial charge in [-0.15, -0.1) is 11.3 Å². The second-order valence-electron chi connectivity index (χ2n) is 6.78. The minimum Gasteiger partial charge on any atom is -0.455 e. The van der Waals surface area contributed by atoms with Crippen LogP contribution in [0.3, 0.4) is 0 Å². The highest BCUT2D eigenvalue weighted by Gasteiger charge is 2.31. The number of carbonyl (C=O) groups is 2. The number of aryl methyl sites for hydroxylation is 2. The molecular formula is C21H17F3N2O5S. The van der Waals surface area contributed by atoms with Crippen LogP contribution in [0, 0.1) is 13.8 Å². The third kappa shape index (κ3) is 5.05. The van der Waals surface area contributed by atoms with Gasteiger partial charge in [-0.1, -0.05) is 6.07 Å². The Morgan fingerprint density at radius 1 is 1.22 bits per heavy atom. The number of amides is 1. The van der Waals surface area contributed by atoms with Gasteiger partial charge < -0.3 is 9.15 Å². The summed E-state index contributed by atoms with van der Waals surface area (Å²) >= 11 is 1.01. The maximum atomic E-state index is 13.0. The lowest BCUT2D eigenvalue weighted by atomic mass is 10.1. The van der Waals surface area contributed by atoms with Crippen molar-refractivity contribution in [2.45, 2.75) is 33.6 Å². The standard InChI is InChI=1S/C21H17F3N2O5S/c1-11-7-17(28)31-12(2)18(11)19(29)30-9-15-10-32-20(25-15)26(13(3)27)16-6-4-5-14(8-16)21(22,23)24/h4-8,10H,9H2,1-3H3. The summed E-state index contributed by atoms with van der Waals surface area (Å²) in [6.45, 7) is 3.99. The monoisotopic (exact) mass is 466 g/mol. The van der Waals surface area contributed by atoms with Crippen LogP contribution in [0.25, 0.3) is 0 Å². The smallest absolute Gasteiger partial charge is 0.416 e. The number of carbonyl (C=O) groups excluding carboxylic acids is 2. The van der Waals surface area contributed by atoms with Crippen molar-refractivity contribution in [1.29, 1.82) is 0 Å². The number of ether oxygens (including phenoxy) is 1. The lowest BCUT2D eigenvalue weighted by molar-refractivity contribution is -0.137. The maximum Gasteiger partial charge on any atom is 0.416 e. The molecule has 11 heteroatoms. The van der Waals surface area contributed by atoms with Crippen molar-refractivity contribution in [1.82, 2.24) is 4.98 Å². The fourth-order valence-electron chi connectivity index (χ4n) is 2.99. The topological polar surface area (TPSA) is 89.7 Å². The van der Waals surface area contributed by atoms with Gasteiger partial charge in [0.25, 0.3) is 0 Å². The number of rotatable bonds is 5. The van der Waals surface area contributed by atoms with Crippen LogP contribution in [0.2, 0.25) is 0 Å². The Morgan fingerprint density at radius 2 is 1.94 bits per heavy atom. The molecule has 0 aliphatic carbocycles. The van der Waals surface area contributed by atoms with E-state index in [1.165, 1.54) is 37.4 Å². The fourth-order valence-corrected chi connectivity index (χ4v) is 3.86. The summed E-state index contributed by atoms with van der Waals surface area (Å²) in [4.78, 5) is 41.2. The molecule has 3 rings (SSSR count). The van der Waals surface area contributed by atoms with E-state index in [2.05, 4.69) is 4.98 Å². The number of aromatic nitrogens is 1. The predicted molar refractivity (Wildman–Crippen MR) is 110 cm³/mol. The van der Waals surface area contributed by atoms with Crippen LogP contribution >= 0.6 is 11.3 Å². The van der Waals surface area contributed by atoms with E-state index < -0.39 is 29.2 Å². The quantitative estimate of drug-likeness (QED) is 0.503. The number of nitrogens with zero attached hydrogens (tertiary/aromatic N) is 2. The van der Waals surface area contributed by atoms with Crippen LogP contribution in [-0.4, -0.2) is 16.9 Å². The first-order chi connectivity index (χ1) is 15.0. The van der Waals surface area contributed by atoms with E-state index >= 15 is 0 Å². The molecule has 0 aliphatic rings. The predicted octanol–water partition coefficient (Wildman–Crippen LogP) is 4.77. The molecule has 0 N–H and O–H groups in total. The molecule has 0 spiro atoms. The summed E-state index contributed by atoms with van der Waals surface area (Å²) in [5, 5.41) is 1.65. The van der Waals surface area contributed by atoms with Gasteiger partial charge in [-0.05, 0) is 37.6 Å². The third-order valence-corrected chi connectivity index (χ3v) is 5.24. The van der Waals surface area contributed by atoms with Crippen LogP contribution in [-0.2, 0) is 22.3 Å². The average molecular weight is 466 g/mol. The molecule has 0 aliphatic heterocycles. The lowest BCUT2D eigenvalue weighted by Crippen LogP contribution is -2.23. The average Bonchev–Trinajstić information content (AvgIpc) is 3.13. The van der Waals surface area contributed by atoms with Crippen LogP contribution in [0.4, 0.5) is 24.0 Å². The Labute approximate surface area is 184 Å². The molecule has 0 saturated heterocycles. The highest BCUT2D eigenvalue weighted by atomic mass is 32.1. The Morgan fingerprint density at radius 3 is 2.56 bits per heavy atom. The summed E-state index contributed by atoms with van der Waals surface area (Å²) in [6.07, 6.45) is -4.56. The number of hydrogen-bond acceptors (Lipinski definition) is 7. The van der Waals surface area contributed by atoms with Gasteiger partial charge in [-0.25, -0.2) is 14.6 Å². The molecule has 168 valence electrons. The molecule has 1 amide bonds. The second kappa shape index (κ2) is 8.95. The number of esters is 1. The van der Waals surface area contributed by atoms with Gasteiger partial charge in [0.15, 0.2) is 5.13 Å². The zero-order valence-corrected chi connectivity index (χ0v) is 18.0. The number of benzene rings is 1. The SMILES string of the molecule is CC(=O)N(c1cccc(C(F)(F)F)c1)c1nc(COC(=O)c2c(C)cc(=O)oc2C)cs1. The van der Waals surface area contributed by atoms with Gasteiger partial charge in [0.1, 0.15) is 17.9 Å². The van der Waals surface area contributed by atoms with Crippen molar-refractivity contribution in [2.75, 3.05) is 4.90 Å². The summed E-state index contributed by atoms with van der Waals surface area (Å²) in [5.74, 6) is -1.14. The van der Waals surface area contributed by atoms with Gasteiger partial charge in [0, 0.05) is 18.4 Å². The van der Waals surface area contributed by atoms with E-state index in [1.54, 1.807) is 6.92 Å². The van der Waals surface area contributed by atoms with Gasteiger partial charge >= 0.3 is 17.8 Å². The number of halogens is 3. The molecule has 0 fully saturated rings. The van der Waals surface area contributed by atoms with E-state index in [1.807, 2.05) is 0 Å². The minimum atomic E-state index is -4.56. The van der Waals surface area contributed by atoms with E-state index in [9.17, 15) is 27.6 Å². The molecule has 2 aromatic heterocycles. The van der Waals surface area contributed by atoms with Crippen molar-refractivity contribution < 1.29 is 31.9 Å². The van der Waals surface area contributed by atoms with Crippen LogP contribution in [0.5, 0.6) is 0 Å². The zero-order valence-electron chi connectivity index (χ0n) is 17.1. The number of hydrogen-bond donors (Lipinski definition) is 0.